The number of carbonyl (C=O) groups excluding carboxylic acids is 2. The number of hydrogen-bond acceptors (Lipinski definition) is 6. The average Bonchev–Trinajstić information content (AvgIpc) is 3.08. The average molecular weight is 395 g/mol. The molecule has 0 aromatic heterocycles. The van der Waals surface area contributed by atoms with Crippen LogP contribution in [0.3, 0.4) is 0 Å². The van der Waals surface area contributed by atoms with Gasteiger partial charge in [-0.3, -0.25) is 14.9 Å². The van der Waals surface area contributed by atoms with Crippen LogP contribution < -0.4 is 5.32 Å². The molecule has 3 rings (SSSR count). The highest BCUT2D eigenvalue weighted by molar-refractivity contribution is 8.01. The number of likely N-dealkylation sites (tertiary alicyclic amines) is 1. The molecule has 2 aliphatic rings. The van der Waals surface area contributed by atoms with Crippen molar-refractivity contribution >= 4 is 23.5 Å². The Balaban J connectivity index is 1.38. The van der Waals surface area contributed by atoms with Crippen LogP contribution in [-0.2, 0) is 9.53 Å². The maximum absolute atomic E-state index is 12.9. The number of halogens is 1. The van der Waals surface area contributed by atoms with Crippen LogP contribution in [0.5, 0.6) is 0 Å². The van der Waals surface area contributed by atoms with E-state index in [1.807, 2.05) is 18.7 Å². The lowest BCUT2D eigenvalue weighted by molar-refractivity contribution is -0.145. The van der Waals surface area contributed by atoms with E-state index in [9.17, 15) is 14.0 Å². The third-order valence-electron chi connectivity index (χ3n) is 5.24. The lowest BCUT2D eigenvalue weighted by atomic mass is 10.0. The van der Waals surface area contributed by atoms with Crippen molar-refractivity contribution in [2.75, 3.05) is 32.0 Å². The molecule has 1 spiro atoms. The number of benzene rings is 1. The summed E-state index contributed by atoms with van der Waals surface area (Å²) in [5.41, 5.74) is 0.575. The molecule has 1 atom stereocenters. The number of esters is 1. The lowest BCUT2D eigenvalue weighted by Gasteiger charge is -2.39. The molecule has 2 fully saturated rings. The van der Waals surface area contributed by atoms with Crippen molar-refractivity contribution in [3.63, 3.8) is 0 Å². The van der Waals surface area contributed by atoms with Gasteiger partial charge in [-0.15, -0.1) is 11.8 Å². The second-order valence-corrected chi connectivity index (χ2v) is 8.53. The van der Waals surface area contributed by atoms with Crippen LogP contribution in [0, 0.1) is 5.82 Å². The summed E-state index contributed by atoms with van der Waals surface area (Å²) in [7, 11) is 0. The second kappa shape index (κ2) is 9.17. The summed E-state index contributed by atoms with van der Waals surface area (Å²) >= 11 is 1.83. The quantitative estimate of drug-likeness (QED) is 0.567. The highest BCUT2D eigenvalue weighted by Crippen LogP contribution is 2.39. The molecule has 0 bridgehead atoms. The number of rotatable bonds is 7. The van der Waals surface area contributed by atoms with Gasteiger partial charge in [-0.1, -0.05) is 0 Å². The Morgan fingerprint density at radius 3 is 2.67 bits per heavy atom. The SMILES string of the molecule is CCOC(=O)C1CSC2(CCN(CCCC(=O)c3ccc(F)cc3)CC2)N1. The smallest absolute Gasteiger partial charge is 0.324 e. The first kappa shape index (κ1) is 20.3. The van der Waals surface area contributed by atoms with Crippen LogP contribution in [-0.4, -0.2) is 59.6 Å². The predicted octanol–water partition coefficient (Wildman–Crippen LogP) is 2.85. The number of piperidine rings is 1. The van der Waals surface area contributed by atoms with E-state index in [0.717, 1.165) is 44.6 Å². The Bertz CT molecular complexity index is 660. The van der Waals surface area contributed by atoms with Gasteiger partial charge in [-0.2, -0.15) is 0 Å². The highest BCUT2D eigenvalue weighted by Gasteiger charge is 2.44. The Hall–Kier alpha value is -1.44. The number of nitrogens with zero attached hydrogens (tertiary/aromatic N) is 1. The molecule has 2 heterocycles. The van der Waals surface area contributed by atoms with Gasteiger partial charge in [0.2, 0.25) is 0 Å². The van der Waals surface area contributed by atoms with Gasteiger partial charge in [-0.25, -0.2) is 4.39 Å². The highest BCUT2D eigenvalue weighted by atomic mass is 32.2. The first-order chi connectivity index (χ1) is 13.0. The molecule has 0 saturated carbocycles. The molecule has 2 aliphatic heterocycles. The summed E-state index contributed by atoms with van der Waals surface area (Å²) in [6.07, 6.45) is 3.25. The molecule has 0 aliphatic carbocycles. The van der Waals surface area contributed by atoms with Gasteiger partial charge < -0.3 is 9.64 Å². The van der Waals surface area contributed by atoms with Crippen LogP contribution in [0.2, 0.25) is 0 Å². The molecule has 0 radical (unpaired) electrons. The molecule has 2 saturated heterocycles. The minimum absolute atomic E-state index is 0.0160. The Kier molecular flexibility index (Phi) is 6.89. The van der Waals surface area contributed by atoms with Gasteiger partial charge in [-0.05, 0) is 57.0 Å². The fraction of sp³-hybridized carbons (Fsp3) is 0.600. The topological polar surface area (TPSA) is 58.6 Å². The molecule has 148 valence electrons. The van der Waals surface area contributed by atoms with E-state index < -0.39 is 0 Å². The molecule has 5 nitrogen and oxygen atoms in total. The van der Waals surface area contributed by atoms with E-state index in [0.29, 0.717) is 18.6 Å². The summed E-state index contributed by atoms with van der Waals surface area (Å²) < 4.78 is 18.0. The van der Waals surface area contributed by atoms with Crippen LogP contribution in [0.1, 0.15) is 43.0 Å². The number of ether oxygens (including phenoxy) is 1. The number of carbonyl (C=O) groups is 2. The summed E-state index contributed by atoms with van der Waals surface area (Å²) in [5, 5.41) is 3.49. The Morgan fingerprint density at radius 1 is 1.30 bits per heavy atom. The van der Waals surface area contributed by atoms with E-state index >= 15 is 0 Å². The second-order valence-electron chi connectivity index (χ2n) is 7.13. The first-order valence-corrected chi connectivity index (χ1v) is 10.6. The monoisotopic (exact) mass is 394 g/mol. The number of thioether (sulfide) groups is 1. The van der Waals surface area contributed by atoms with Crippen LogP contribution in [0.4, 0.5) is 4.39 Å². The third kappa shape index (κ3) is 5.30. The minimum atomic E-state index is -0.322. The number of ketones is 1. The van der Waals surface area contributed by atoms with Gasteiger partial charge in [0.05, 0.1) is 11.5 Å². The molecule has 27 heavy (non-hydrogen) atoms. The summed E-state index contributed by atoms with van der Waals surface area (Å²) in [6.45, 7) is 5.05. The van der Waals surface area contributed by atoms with E-state index in [1.54, 1.807) is 12.1 Å². The van der Waals surface area contributed by atoms with Crippen molar-refractivity contribution < 1.29 is 18.7 Å². The molecule has 1 aromatic rings. The largest absolute Gasteiger partial charge is 0.465 e. The molecular formula is C20H27FN2O3S. The van der Waals surface area contributed by atoms with Crippen molar-refractivity contribution in [3.8, 4) is 0 Å². The number of Topliss-reactive ketones (excluding diaryl/α,β-unsaturated/α-hetero) is 1. The molecule has 0 amide bonds. The minimum Gasteiger partial charge on any atom is -0.465 e. The Labute approximate surface area is 164 Å². The summed E-state index contributed by atoms with van der Waals surface area (Å²) in [6, 6.07) is 5.55. The summed E-state index contributed by atoms with van der Waals surface area (Å²) in [4.78, 5) is 26.4. The molecular weight excluding hydrogens is 367 g/mol. The van der Waals surface area contributed by atoms with Crippen molar-refractivity contribution in [2.45, 2.75) is 43.5 Å². The van der Waals surface area contributed by atoms with Crippen molar-refractivity contribution in [1.82, 2.24) is 10.2 Å². The van der Waals surface area contributed by atoms with Crippen LogP contribution in [0.25, 0.3) is 0 Å². The molecule has 7 heteroatoms. The number of hydrogen-bond donors (Lipinski definition) is 1. The lowest BCUT2D eigenvalue weighted by Crippen LogP contribution is -2.52. The maximum atomic E-state index is 12.9. The molecule has 1 aromatic carbocycles. The summed E-state index contributed by atoms with van der Waals surface area (Å²) in [5.74, 6) is 0.361. The van der Waals surface area contributed by atoms with Crippen LogP contribution in [0.15, 0.2) is 24.3 Å². The van der Waals surface area contributed by atoms with E-state index in [1.165, 1.54) is 12.1 Å². The van der Waals surface area contributed by atoms with Crippen molar-refractivity contribution in [1.29, 1.82) is 0 Å². The predicted molar refractivity (Wildman–Crippen MR) is 104 cm³/mol. The third-order valence-corrected chi connectivity index (χ3v) is 6.82. The van der Waals surface area contributed by atoms with Gasteiger partial charge in [0.15, 0.2) is 5.78 Å². The van der Waals surface area contributed by atoms with Crippen molar-refractivity contribution in [2.24, 2.45) is 0 Å². The fourth-order valence-electron chi connectivity index (χ4n) is 3.68. The Morgan fingerprint density at radius 2 is 2.00 bits per heavy atom. The van der Waals surface area contributed by atoms with E-state index in [4.69, 9.17) is 4.74 Å². The van der Waals surface area contributed by atoms with E-state index in [-0.39, 0.29) is 28.5 Å². The fourth-order valence-corrected chi connectivity index (χ4v) is 5.09. The molecule has 1 unspecified atom stereocenters. The van der Waals surface area contributed by atoms with E-state index in [2.05, 4.69) is 10.2 Å². The van der Waals surface area contributed by atoms with Crippen LogP contribution >= 0.6 is 11.8 Å². The standard InChI is InChI=1S/C20H27FN2O3S/c1-2-26-19(25)17-14-27-20(22-17)9-12-23(13-10-20)11-3-4-18(24)15-5-7-16(21)8-6-15/h5-8,17,22H,2-4,9-14H2,1H3. The van der Waals surface area contributed by atoms with Gasteiger partial charge in [0, 0.05) is 30.8 Å². The maximum Gasteiger partial charge on any atom is 0.324 e. The van der Waals surface area contributed by atoms with Gasteiger partial charge in [0.25, 0.3) is 0 Å². The zero-order valence-electron chi connectivity index (χ0n) is 15.7. The first-order valence-electron chi connectivity index (χ1n) is 9.61. The number of nitrogens with one attached hydrogen (secondary N) is 1. The molecule has 1 N–H and O–H groups in total. The van der Waals surface area contributed by atoms with Gasteiger partial charge >= 0.3 is 5.97 Å². The van der Waals surface area contributed by atoms with Gasteiger partial charge in [0.1, 0.15) is 11.9 Å². The zero-order chi connectivity index (χ0) is 19.3. The zero-order valence-corrected chi connectivity index (χ0v) is 16.5. The van der Waals surface area contributed by atoms with Crippen molar-refractivity contribution in [3.05, 3.63) is 35.6 Å². The normalized spacial score (nSPS) is 22.1.